The minimum absolute atomic E-state index is 0.0409. The van der Waals surface area contributed by atoms with Crippen LogP contribution in [0.5, 0.6) is 0 Å². The summed E-state index contributed by atoms with van der Waals surface area (Å²) in [5.41, 5.74) is 1.15. The van der Waals surface area contributed by atoms with E-state index in [1.54, 1.807) is 42.5 Å². The number of rotatable bonds is 11. The molecule has 0 spiro atoms. The lowest BCUT2D eigenvalue weighted by Crippen LogP contribution is -2.53. The highest BCUT2D eigenvalue weighted by Crippen LogP contribution is 2.27. The molecule has 1 N–H and O–H groups in total. The molecule has 10 heteroatoms. The molecule has 1 unspecified atom stereocenters. The first-order chi connectivity index (χ1) is 19.7. The number of benzene rings is 4. The van der Waals surface area contributed by atoms with Crippen molar-refractivity contribution in [2.75, 3.05) is 17.9 Å². The maximum absolute atomic E-state index is 15.0. The Kier molecular flexibility index (Phi) is 9.75. The number of likely N-dealkylation sites (N-methyl/N-ethyl adjacent to an activating group) is 1. The molecule has 0 fully saturated rings. The van der Waals surface area contributed by atoms with Gasteiger partial charge in [0, 0.05) is 25.0 Å². The summed E-state index contributed by atoms with van der Waals surface area (Å²) in [5, 5.41) is 3.06. The zero-order valence-corrected chi connectivity index (χ0v) is 23.9. The lowest BCUT2D eigenvalue weighted by atomic mass is 10.0. The Morgan fingerprint density at radius 1 is 0.854 bits per heavy atom. The van der Waals surface area contributed by atoms with E-state index < -0.39 is 40.2 Å². The predicted molar refractivity (Wildman–Crippen MR) is 157 cm³/mol. The molecule has 0 heterocycles. The van der Waals surface area contributed by atoms with Gasteiger partial charge in [0.2, 0.25) is 11.8 Å². The van der Waals surface area contributed by atoms with Crippen LogP contribution in [0.25, 0.3) is 0 Å². The van der Waals surface area contributed by atoms with E-state index in [4.69, 9.17) is 11.6 Å². The van der Waals surface area contributed by atoms with E-state index in [-0.39, 0.29) is 23.5 Å². The van der Waals surface area contributed by atoms with Crippen LogP contribution in [0.3, 0.4) is 0 Å². The Hall–Kier alpha value is -4.21. The molecule has 2 amide bonds. The fraction of sp³-hybridized carbons (Fsp3) is 0.161. The van der Waals surface area contributed by atoms with Gasteiger partial charge in [-0.1, -0.05) is 84.4 Å². The molecule has 0 radical (unpaired) electrons. The quantitative estimate of drug-likeness (QED) is 0.263. The van der Waals surface area contributed by atoms with Crippen LogP contribution in [0.2, 0.25) is 5.02 Å². The first kappa shape index (κ1) is 29.8. The summed E-state index contributed by atoms with van der Waals surface area (Å²) in [5.74, 6) is -1.95. The second-order valence-electron chi connectivity index (χ2n) is 9.25. The van der Waals surface area contributed by atoms with Crippen molar-refractivity contribution in [3.8, 4) is 0 Å². The van der Waals surface area contributed by atoms with Crippen LogP contribution in [-0.4, -0.2) is 44.8 Å². The maximum Gasteiger partial charge on any atom is 0.264 e. The molecule has 0 saturated carbocycles. The molecule has 7 nitrogen and oxygen atoms in total. The van der Waals surface area contributed by atoms with Crippen LogP contribution >= 0.6 is 11.6 Å². The van der Waals surface area contributed by atoms with Crippen molar-refractivity contribution in [3.63, 3.8) is 0 Å². The summed E-state index contributed by atoms with van der Waals surface area (Å²) in [6, 6.07) is 27.8. The number of halogens is 2. The molecule has 0 aliphatic heterocycles. The summed E-state index contributed by atoms with van der Waals surface area (Å²) in [4.78, 5) is 28.6. The van der Waals surface area contributed by atoms with Gasteiger partial charge < -0.3 is 10.2 Å². The van der Waals surface area contributed by atoms with E-state index in [2.05, 4.69) is 5.32 Å². The number of anilines is 1. The number of nitrogens with one attached hydrogen (secondary N) is 1. The highest BCUT2D eigenvalue weighted by Gasteiger charge is 2.35. The lowest BCUT2D eigenvalue weighted by molar-refractivity contribution is -0.139. The second-order valence-corrected chi connectivity index (χ2v) is 11.5. The van der Waals surface area contributed by atoms with E-state index in [0.717, 1.165) is 15.9 Å². The molecule has 0 saturated heterocycles. The molecule has 1 atom stereocenters. The van der Waals surface area contributed by atoms with Gasteiger partial charge in [-0.2, -0.15) is 0 Å². The number of carbonyl (C=O) groups excluding carboxylic acids is 2. The van der Waals surface area contributed by atoms with Crippen molar-refractivity contribution in [2.45, 2.75) is 23.9 Å². The second kappa shape index (κ2) is 13.4. The predicted octanol–water partition coefficient (Wildman–Crippen LogP) is 5.06. The van der Waals surface area contributed by atoms with E-state index in [1.807, 2.05) is 30.3 Å². The van der Waals surface area contributed by atoms with Crippen molar-refractivity contribution < 1.29 is 22.4 Å². The van der Waals surface area contributed by atoms with E-state index in [1.165, 1.54) is 42.3 Å². The van der Waals surface area contributed by atoms with Crippen LogP contribution in [0, 0.1) is 5.82 Å². The van der Waals surface area contributed by atoms with Gasteiger partial charge in [-0.15, -0.1) is 0 Å². The number of nitrogens with zero attached hydrogens (tertiary/aromatic N) is 2. The first-order valence-electron chi connectivity index (χ1n) is 12.8. The fourth-order valence-electron chi connectivity index (χ4n) is 4.44. The Labute approximate surface area is 244 Å². The van der Waals surface area contributed by atoms with Crippen LogP contribution in [0.4, 0.5) is 10.1 Å². The molecule has 41 heavy (non-hydrogen) atoms. The van der Waals surface area contributed by atoms with Gasteiger partial charge in [0.15, 0.2) is 0 Å². The number of para-hydroxylation sites is 1. The SMILES string of the molecule is CNC(=O)C(Cc1ccccc1)N(Cc1cccc(Cl)c1)C(=O)CN(c1ccccc1F)S(=O)(=O)c1ccccc1. The summed E-state index contributed by atoms with van der Waals surface area (Å²) >= 11 is 6.20. The molecule has 0 aromatic heterocycles. The topological polar surface area (TPSA) is 86.8 Å². The molecule has 0 aliphatic carbocycles. The molecule has 0 bridgehead atoms. The van der Waals surface area contributed by atoms with Gasteiger partial charge in [0.05, 0.1) is 10.6 Å². The van der Waals surface area contributed by atoms with Crippen molar-refractivity contribution in [3.05, 3.63) is 131 Å². The number of sulfonamides is 1. The van der Waals surface area contributed by atoms with Gasteiger partial charge in [0.1, 0.15) is 18.4 Å². The third-order valence-electron chi connectivity index (χ3n) is 6.49. The Morgan fingerprint density at radius 3 is 2.10 bits per heavy atom. The summed E-state index contributed by atoms with van der Waals surface area (Å²) < 4.78 is 43.4. The Bertz CT molecular complexity index is 1600. The van der Waals surface area contributed by atoms with Crippen LogP contribution in [0.15, 0.2) is 114 Å². The van der Waals surface area contributed by atoms with Gasteiger partial charge >= 0.3 is 0 Å². The average Bonchev–Trinajstić information content (AvgIpc) is 2.98. The van der Waals surface area contributed by atoms with Gasteiger partial charge in [-0.25, -0.2) is 12.8 Å². The van der Waals surface area contributed by atoms with Crippen molar-refractivity contribution >= 4 is 39.1 Å². The van der Waals surface area contributed by atoms with Gasteiger partial charge in [-0.3, -0.25) is 13.9 Å². The minimum Gasteiger partial charge on any atom is -0.357 e. The van der Waals surface area contributed by atoms with Crippen LogP contribution < -0.4 is 9.62 Å². The number of carbonyl (C=O) groups is 2. The molecule has 4 aromatic carbocycles. The Morgan fingerprint density at radius 2 is 1.46 bits per heavy atom. The summed E-state index contributed by atoms with van der Waals surface area (Å²) in [7, 11) is -2.90. The van der Waals surface area contributed by atoms with E-state index >= 15 is 4.39 Å². The summed E-state index contributed by atoms with van der Waals surface area (Å²) in [6.07, 6.45) is 0.165. The molecule has 212 valence electrons. The minimum atomic E-state index is -4.37. The summed E-state index contributed by atoms with van der Waals surface area (Å²) in [6.45, 7) is -0.790. The van der Waals surface area contributed by atoms with E-state index in [0.29, 0.717) is 10.6 Å². The third kappa shape index (κ3) is 7.31. The number of hydrogen-bond donors (Lipinski definition) is 1. The van der Waals surface area contributed by atoms with E-state index in [9.17, 15) is 18.0 Å². The van der Waals surface area contributed by atoms with Crippen molar-refractivity contribution in [2.24, 2.45) is 0 Å². The lowest BCUT2D eigenvalue weighted by Gasteiger charge is -2.33. The smallest absolute Gasteiger partial charge is 0.264 e. The Balaban J connectivity index is 1.79. The van der Waals surface area contributed by atoms with Gasteiger partial charge in [0.25, 0.3) is 10.0 Å². The van der Waals surface area contributed by atoms with Crippen molar-refractivity contribution in [1.29, 1.82) is 0 Å². The molecular weight excluding hydrogens is 565 g/mol. The molecular formula is C31H29ClFN3O4S. The standard InChI is InChI=1S/C31H29ClFN3O4S/c1-34-31(38)29(20-23-11-4-2-5-12-23)35(21-24-13-10-14-25(32)19-24)30(37)22-36(28-18-9-8-17-27(28)33)41(39,40)26-15-6-3-7-16-26/h2-19,29H,20-22H2,1H3,(H,34,38). The van der Waals surface area contributed by atoms with Crippen LogP contribution in [0.1, 0.15) is 11.1 Å². The number of hydrogen-bond acceptors (Lipinski definition) is 4. The largest absolute Gasteiger partial charge is 0.357 e. The molecule has 0 aliphatic rings. The fourth-order valence-corrected chi connectivity index (χ4v) is 6.10. The van der Waals surface area contributed by atoms with Gasteiger partial charge in [-0.05, 0) is 47.5 Å². The molecule has 4 rings (SSSR count). The average molecular weight is 594 g/mol. The first-order valence-corrected chi connectivity index (χ1v) is 14.6. The maximum atomic E-state index is 15.0. The highest BCUT2D eigenvalue weighted by molar-refractivity contribution is 7.92. The zero-order valence-electron chi connectivity index (χ0n) is 22.3. The van der Waals surface area contributed by atoms with Crippen molar-refractivity contribution in [1.82, 2.24) is 10.2 Å². The monoisotopic (exact) mass is 593 g/mol. The van der Waals surface area contributed by atoms with Crippen LogP contribution in [-0.2, 0) is 32.6 Å². The zero-order chi connectivity index (χ0) is 29.4. The number of amides is 2. The molecule has 4 aromatic rings. The normalized spacial score (nSPS) is 11.9. The third-order valence-corrected chi connectivity index (χ3v) is 8.50. The highest BCUT2D eigenvalue weighted by atomic mass is 35.5.